The third-order valence-corrected chi connectivity index (χ3v) is 4.36. The molecule has 0 aromatic carbocycles. The molecule has 7 heteroatoms. The van der Waals surface area contributed by atoms with Crippen LogP contribution in [0.15, 0.2) is 5.51 Å². The Balaban J connectivity index is 2.20. The van der Waals surface area contributed by atoms with Crippen molar-refractivity contribution in [3.05, 3.63) is 16.9 Å². The Morgan fingerprint density at radius 1 is 1.50 bits per heavy atom. The highest BCUT2D eigenvalue weighted by Gasteiger charge is 2.26. The van der Waals surface area contributed by atoms with Crippen molar-refractivity contribution >= 4 is 27.5 Å². The number of nitrogens with zero attached hydrogens (tertiary/aromatic N) is 2. The van der Waals surface area contributed by atoms with Crippen molar-refractivity contribution < 1.29 is 14.3 Å². The molecule has 0 aliphatic carbocycles. The molecule has 1 amide bonds. The number of nitrogens with two attached hydrogens (primary N) is 1. The van der Waals surface area contributed by atoms with Crippen LogP contribution in [0, 0.1) is 0 Å². The summed E-state index contributed by atoms with van der Waals surface area (Å²) in [6.45, 7) is 1.43. The van der Waals surface area contributed by atoms with E-state index in [1.807, 2.05) is 0 Å². The lowest BCUT2D eigenvalue weighted by Gasteiger charge is -2.22. The first-order valence-corrected chi connectivity index (χ1v) is 7.29. The summed E-state index contributed by atoms with van der Waals surface area (Å²) >= 11 is 1.51. The van der Waals surface area contributed by atoms with Crippen molar-refractivity contribution in [1.29, 1.82) is 0 Å². The maximum atomic E-state index is 11.6. The lowest BCUT2D eigenvalue weighted by molar-refractivity contribution is 0.0847. The lowest BCUT2D eigenvalue weighted by atomic mass is 9.95. The first-order valence-electron chi connectivity index (χ1n) is 6.41. The van der Waals surface area contributed by atoms with Gasteiger partial charge in [-0.2, -0.15) is 0 Å². The van der Waals surface area contributed by atoms with Gasteiger partial charge in [0.05, 0.1) is 23.0 Å². The summed E-state index contributed by atoms with van der Waals surface area (Å²) < 4.78 is 11.6. The number of ether oxygens (including phenoxy) is 2. The average Bonchev–Trinajstić information content (AvgIpc) is 2.95. The predicted octanol–water partition coefficient (Wildman–Crippen LogP) is 1.69. The van der Waals surface area contributed by atoms with Gasteiger partial charge in [0.2, 0.25) is 0 Å². The number of carbonyl (C=O) groups is 1. The molecule has 0 saturated carbocycles. The molecule has 0 spiro atoms. The maximum absolute atomic E-state index is 11.6. The Hall–Kier alpha value is -1.73. The van der Waals surface area contributed by atoms with Crippen molar-refractivity contribution in [3.63, 3.8) is 0 Å². The Bertz CT molecular complexity index is 650. The van der Waals surface area contributed by atoms with E-state index in [-0.39, 0.29) is 11.6 Å². The van der Waals surface area contributed by atoms with Crippen molar-refractivity contribution in [2.75, 3.05) is 20.3 Å². The number of amides is 1. The van der Waals surface area contributed by atoms with Gasteiger partial charge >= 0.3 is 0 Å². The number of hydrogen-bond acceptors (Lipinski definition) is 6. The molecular weight excluding hydrogens is 278 g/mol. The van der Waals surface area contributed by atoms with Crippen LogP contribution in [0.1, 0.15) is 34.9 Å². The number of methoxy groups -OCH3 is 1. The fourth-order valence-electron chi connectivity index (χ4n) is 2.53. The van der Waals surface area contributed by atoms with Crippen LogP contribution in [0.3, 0.4) is 0 Å². The zero-order valence-corrected chi connectivity index (χ0v) is 11.9. The first kappa shape index (κ1) is 13.3. The minimum atomic E-state index is -0.593. The molecule has 2 N–H and O–H groups in total. The van der Waals surface area contributed by atoms with Crippen LogP contribution in [0.4, 0.5) is 0 Å². The summed E-state index contributed by atoms with van der Waals surface area (Å²) in [6, 6.07) is 0. The van der Waals surface area contributed by atoms with Gasteiger partial charge in [-0.25, -0.2) is 9.97 Å². The lowest BCUT2D eigenvalue weighted by Crippen LogP contribution is -2.19. The molecule has 106 valence electrons. The third-order valence-electron chi connectivity index (χ3n) is 3.51. The van der Waals surface area contributed by atoms with Gasteiger partial charge < -0.3 is 15.2 Å². The standard InChI is InChI=1S/C13H15N3O3S/c1-18-11-9-12(20-6-15-9)8(16-10(11)13(14)17)7-2-4-19-5-3-7/h6-7H,2-5H2,1H3,(H2,14,17). The van der Waals surface area contributed by atoms with E-state index in [1.54, 1.807) is 5.51 Å². The number of hydrogen-bond donors (Lipinski definition) is 1. The average molecular weight is 293 g/mol. The molecule has 1 aliphatic rings. The molecule has 1 fully saturated rings. The minimum Gasteiger partial charge on any atom is -0.492 e. The molecule has 2 aromatic rings. The molecule has 0 bridgehead atoms. The van der Waals surface area contributed by atoms with Crippen molar-refractivity contribution in [1.82, 2.24) is 9.97 Å². The Labute approximate surface area is 119 Å². The maximum Gasteiger partial charge on any atom is 0.271 e. The fraction of sp³-hybridized carbons (Fsp3) is 0.462. The highest BCUT2D eigenvalue weighted by atomic mass is 32.1. The highest BCUT2D eigenvalue weighted by Crippen LogP contribution is 2.38. The van der Waals surface area contributed by atoms with E-state index in [4.69, 9.17) is 15.2 Å². The quantitative estimate of drug-likeness (QED) is 0.930. The van der Waals surface area contributed by atoms with Crippen molar-refractivity contribution in [2.45, 2.75) is 18.8 Å². The molecule has 6 nitrogen and oxygen atoms in total. The summed E-state index contributed by atoms with van der Waals surface area (Å²) in [7, 11) is 1.50. The van der Waals surface area contributed by atoms with Crippen LogP contribution in [-0.2, 0) is 4.74 Å². The van der Waals surface area contributed by atoms with Crippen molar-refractivity contribution in [2.24, 2.45) is 5.73 Å². The van der Waals surface area contributed by atoms with Gasteiger partial charge in [-0.1, -0.05) is 0 Å². The molecule has 0 unspecified atom stereocenters. The Kier molecular flexibility index (Phi) is 3.54. The highest BCUT2D eigenvalue weighted by molar-refractivity contribution is 7.17. The monoisotopic (exact) mass is 293 g/mol. The fourth-order valence-corrected chi connectivity index (χ4v) is 3.39. The van der Waals surface area contributed by atoms with E-state index >= 15 is 0 Å². The smallest absolute Gasteiger partial charge is 0.271 e. The van der Waals surface area contributed by atoms with Gasteiger partial charge in [0.1, 0.15) is 5.52 Å². The second-order valence-electron chi connectivity index (χ2n) is 4.66. The molecule has 1 aliphatic heterocycles. The summed E-state index contributed by atoms with van der Waals surface area (Å²) in [6.07, 6.45) is 1.79. The van der Waals surface area contributed by atoms with E-state index in [0.29, 0.717) is 24.5 Å². The van der Waals surface area contributed by atoms with E-state index in [0.717, 1.165) is 23.2 Å². The van der Waals surface area contributed by atoms with Crippen LogP contribution < -0.4 is 10.5 Å². The summed E-state index contributed by atoms with van der Waals surface area (Å²) in [5, 5.41) is 0. The van der Waals surface area contributed by atoms with E-state index in [2.05, 4.69) is 9.97 Å². The second kappa shape index (κ2) is 5.34. The van der Waals surface area contributed by atoms with Crippen LogP contribution in [0.2, 0.25) is 0 Å². The molecule has 0 atom stereocenters. The van der Waals surface area contributed by atoms with E-state index < -0.39 is 5.91 Å². The van der Waals surface area contributed by atoms with E-state index in [9.17, 15) is 4.79 Å². The summed E-state index contributed by atoms with van der Waals surface area (Å²) in [5.74, 6) is 0.0466. The van der Waals surface area contributed by atoms with Crippen LogP contribution in [0.5, 0.6) is 5.75 Å². The van der Waals surface area contributed by atoms with Gasteiger partial charge in [-0.3, -0.25) is 4.79 Å². The molecular formula is C13H15N3O3S. The topological polar surface area (TPSA) is 87.3 Å². The zero-order valence-electron chi connectivity index (χ0n) is 11.1. The van der Waals surface area contributed by atoms with Gasteiger partial charge in [0, 0.05) is 19.1 Å². The molecule has 1 saturated heterocycles. The molecule has 20 heavy (non-hydrogen) atoms. The number of primary amides is 1. The molecule has 3 heterocycles. The minimum absolute atomic E-state index is 0.160. The first-order chi connectivity index (χ1) is 9.72. The summed E-state index contributed by atoms with van der Waals surface area (Å²) in [4.78, 5) is 20.4. The summed E-state index contributed by atoms with van der Waals surface area (Å²) in [5.41, 5.74) is 8.87. The third kappa shape index (κ3) is 2.12. The zero-order chi connectivity index (χ0) is 14.1. The van der Waals surface area contributed by atoms with Crippen molar-refractivity contribution in [3.8, 4) is 5.75 Å². The number of rotatable bonds is 3. The van der Waals surface area contributed by atoms with Gasteiger partial charge in [-0.15, -0.1) is 11.3 Å². The Morgan fingerprint density at radius 3 is 2.90 bits per heavy atom. The molecule has 3 rings (SSSR count). The normalized spacial score (nSPS) is 16.4. The number of aromatic nitrogens is 2. The number of thiazole rings is 1. The van der Waals surface area contributed by atoms with E-state index in [1.165, 1.54) is 18.4 Å². The molecule has 2 aromatic heterocycles. The largest absolute Gasteiger partial charge is 0.492 e. The SMILES string of the molecule is COc1c(C(N)=O)nc(C2CCOCC2)c2scnc12. The predicted molar refractivity (Wildman–Crippen MR) is 75.3 cm³/mol. The van der Waals surface area contributed by atoms with Crippen LogP contribution in [-0.4, -0.2) is 36.2 Å². The van der Waals surface area contributed by atoms with Crippen LogP contribution >= 0.6 is 11.3 Å². The van der Waals surface area contributed by atoms with Gasteiger partial charge in [-0.05, 0) is 12.8 Å². The molecule has 0 radical (unpaired) electrons. The number of pyridine rings is 1. The Morgan fingerprint density at radius 2 is 2.25 bits per heavy atom. The number of carbonyl (C=O) groups excluding carboxylic acids is 1. The second-order valence-corrected chi connectivity index (χ2v) is 5.51. The van der Waals surface area contributed by atoms with Gasteiger partial charge in [0.25, 0.3) is 5.91 Å². The number of fused-ring (bicyclic) bond motifs is 1. The van der Waals surface area contributed by atoms with Crippen LogP contribution in [0.25, 0.3) is 10.2 Å². The van der Waals surface area contributed by atoms with Gasteiger partial charge in [0.15, 0.2) is 11.4 Å².